The molecule has 29 heavy (non-hydrogen) atoms. The van der Waals surface area contributed by atoms with Crippen LogP contribution in [0.5, 0.6) is 0 Å². The van der Waals surface area contributed by atoms with Crippen molar-refractivity contribution in [1.82, 2.24) is 10.2 Å². The molecule has 1 unspecified atom stereocenters. The Hall–Kier alpha value is -1.66. The molecule has 158 valence electrons. The van der Waals surface area contributed by atoms with Gasteiger partial charge in [-0.1, -0.05) is 6.08 Å². The van der Waals surface area contributed by atoms with Crippen LogP contribution < -0.4 is 5.32 Å². The Morgan fingerprint density at radius 1 is 1.17 bits per heavy atom. The van der Waals surface area contributed by atoms with E-state index < -0.39 is 11.2 Å². The van der Waals surface area contributed by atoms with Gasteiger partial charge in [0, 0.05) is 11.7 Å². The smallest absolute Gasteiger partial charge is 0.229 e. The van der Waals surface area contributed by atoms with Crippen LogP contribution in [0.2, 0.25) is 0 Å². The Balaban J connectivity index is 1.34. The van der Waals surface area contributed by atoms with E-state index in [1.807, 2.05) is 0 Å². The van der Waals surface area contributed by atoms with Crippen molar-refractivity contribution in [3.8, 4) is 0 Å². The summed E-state index contributed by atoms with van der Waals surface area (Å²) >= 11 is 0. The lowest BCUT2D eigenvalue weighted by molar-refractivity contribution is -0.127. The van der Waals surface area contributed by atoms with Crippen LogP contribution in [0.25, 0.3) is 0 Å². The van der Waals surface area contributed by atoms with E-state index in [0.717, 1.165) is 56.2 Å². The molecular weight excluding hydrogens is 366 g/mol. The van der Waals surface area contributed by atoms with Crippen LogP contribution >= 0.6 is 0 Å². The van der Waals surface area contributed by atoms with Gasteiger partial charge < -0.3 is 15.1 Å². The molecule has 0 saturated heterocycles. The summed E-state index contributed by atoms with van der Waals surface area (Å²) in [5.41, 5.74) is 0.281. The molecule has 3 saturated carbocycles. The molecule has 4 aliphatic carbocycles. The van der Waals surface area contributed by atoms with Crippen LogP contribution in [-0.4, -0.2) is 50.3 Å². The molecule has 1 aliphatic heterocycles. The van der Waals surface area contributed by atoms with E-state index in [9.17, 15) is 15.0 Å². The summed E-state index contributed by atoms with van der Waals surface area (Å²) in [7, 11) is 0. The van der Waals surface area contributed by atoms with E-state index in [1.165, 1.54) is 6.42 Å². The molecule has 1 amide bonds. The number of hydrogen-bond acceptors (Lipinski definition) is 5. The Kier molecular flexibility index (Phi) is 4.44. The van der Waals surface area contributed by atoms with Crippen molar-refractivity contribution in [3.05, 3.63) is 23.4 Å². The lowest BCUT2D eigenvalue weighted by Crippen LogP contribution is -2.50. The van der Waals surface area contributed by atoms with Gasteiger partial charge in [0.15, 0.2) is 0 Å². The van der Waals surface area contributed by atoms with Crippen molar-refractivity contribution in [1.29, 1.82) is 0 Å². The van der Waals surface area contributed by atoms with Gasteiger partial charge in [-0.3, -0.25) is 10.1 Å². The number of rotatable bonds is 6. The summed E-state index contributed by atoms with van der Waals surface area (Å²) in [6.07, 6.45) is 12.6. The molecule has 1 heterocycles. The van der Waals surface area contributed by atoms with Crippen LogP contribution in [0.4, 0.5) is 0 Å². The van der Waals surface area contributed by atoms with Crippen LogP contribution in [0.3, 0.4) is 0 Å². The third-order valence-electron chi connectivity index (χ3n) is 7.40. The summed E-state index contributed by atoms with van der Waals surface area (Å²) in [5, 5.41) is 24.6. The number of amides is 1. The molecule has 0 aromatic heterocycles. The van der Waals surface area contributed by atoms with Gasteiger partial charge in [0.05, 0.1) is 23.7 Å². The number of nitrogens with one attached hydrogen (secondary N) is 1. The van der Waals surface area contributed by atoms with E-state index in [1.54, 1.807) is 13.8 Å². The number of hydrogen-bond donors (Lipinski definition) is 3. The second-order valence-corrected chi connectivity index (χ2v) is 10.2. The van der Waals surface area contributed by atoms with Gasteiger partial charge in [-0.2, -0.15) is 0 Å². The van der Waals surface area contributed by atoms with E-state index >= 15 is 0 Å². The van der Waals surface area contributed by atoms with Crippen LogP contribution in [0.1, 0.15) is 71.6 Å². The fourth-order valence-corrected chi connectivity index (χ4v) is 5.12. The quantitative estimate of drug-likeness (QED) is 0.641. The number of nitrogens with zero attached hydrogens (tertiary/aromatic N) is 2. The van der Waals surface area contributed by atoms with Crippen LogP contribution in [-0.2, 0) is 4.79 Å². The molecule has 6 heteroatoms. The highest BCUT2D eigenvalue weighted by molar-refractivity contribution is 5.99. The van der Waals surface area contributed by atoms with E-state index in [0.29, 0.717) is 12.0 Å². The summed E-state index contributed by atoms with van der Waals surface area (Å²) in [5.74, 6) is 1.09. The summed E-state index contributed by atoms with van der Waals surface area (Å²) in [4.78, 5) is 20.0. The van der Waals surface area contributed by atoms with Gasteiger partial charge in [-0.25, -0.2) is 4.99 Å². The minimum atomic E-state index is -0.889. The molecule has 5 aliphatic rings. The zero-order chi connectivity index (χ0) is 20.4. The highest BCUT2D eigenvalue weighted by Crippen LogP contribution is 2.53. The first-order valence-corrected chi connectivity index (χ1v) is 11.3. The Morgan fingerprint density at radius 3 is 2.34 bits per heavy atom. The third-order valence-corrected chi connectivity index (χ3v) is 7.40. The highest BCUT2D eigenvalue weighted by Gasteiger charge is 2.54. The highest BCUT2D eigenvalue weighted by atomic mass is 16.3. The number of guanidine groups is 1. The molecule has 3 N–H and O–H groups in total. The number of fused-ring (bicyclic) bond motifs is 1. The van der Waals surface area contributed by atoms with Gasteiger partial charge in [-0.05, 0) is 88.7 Å². The van der Waals surface area contributed by atoms with Crippen molar-refractivity contribution in [3.63, 3.8) is 0 Å². The largest absolute Gasteiger partial charge is 0.389 e. The molecule has 0 radical (unpaired) electrons. The zero-order valence-electron chi connectivity index (χ0n) is 17.5. The van der Waals surface area contributed by atoms with Crippen molar-refractivity contribution in [2.45, 2.75) is 94.9 Å². The summed E-state index contributed by atoms with van der Waals surface area (Å²) in [6, 6.07) is 0.361. The number of aliphatic imine (C=N–C) groups is 1. The minimum absolute atomic E-state index is 0.00254. The topological polar surface area (TPSA) is 85.2 Å². The second kappa shape index (κ2) is 6.67. The molecule has 0 aromatic rings. The first-order chi connectivity index (χ1) is 13.8. The monoisotopic (exact) mass is 399 g/mol. The lowest BCUT2D eigenvalue weighted by Gasteiger charge is -2.39. The Labute approximate surface area is 172 Å². The molecular formula is C23H33N3O3. The fraction of sp³-hybridized carbons (Fsp3) is 0.739. The second-order valence-electron chi connectivity index (χ2n) is 10.2. The van der Waals surface area contributed by atoms with E-state index in [-0.39, 0.29) is 30.2 Å². The molecule has 1 atom stereocenters. The van der Waals surface area contributed by atoms with Crippen LogP contribution in [0, 0.1) is 11.8 Å². The summed E-state index contributed by atoms with van der Waals surface area (Å²) in [6.45, 7) is 3.61. The standard InChI is InChI=1S/C23H33N3O3/c1-22(2,28)16-10-11-18-19(12-16)26(17-4-3-5-17)21(24-18)25-20(27)13-23(29,14-6-7-14)15-8-9-15/h10,12,14-15,17-18,28-29H,3-9,11,13H2,1-2H3,(H,24,25,27). The van der Waals surface area contributed by atoms with Crippen LogP contribution in [0.15, 0.2) is 28.4 Å². The first-order valence-electron chi connectivity index (χ1n) is 11.3. The van der Waals surface area contributed by atoms with Gasteiger partial charge in [-0.15, -0.1) is 0 Å². The fourth-order valence-electron chi connectivity index (χ4n) is 5.12. The van der Waals surface area contributed by atoms with Crippen molar-refractivity contribution in [2.75, 3.05) is 0 Å². The van der Waals surface area contributed by atoms with Gasteiger partial charge in [0.25, 0.3) is 0 Å². The van der Waals surface area contributed by atoms with Crippen molar-refractivity contribution >= 4 is 11.9 Å². The number of aliphatic hydroxyl groups is 2. The average molecular weight is 400 g/mol. The predicted molar refractivity (Wildman–Crippen MR) is 111 cm³/mol. The maximum absolute atomic E-state index is 12.9. The maximum atomic E-state index is 12.9. The lowest BCUT2D eigenvalue weighted by atomic mass is 9.87. The predicted octanol–water partition coefficient (Wildman–Crippen LogP) is 2.62. The molecule has 0 spiro atoms. The van der Waals surface area contributed by atoms with Gasteiger partial charge >= 0.3 is 0 Å². The molecule has 5 rings (SSSR count). The molecule has 6 nitrogen and oxygen atoms in total. The van der Waals surface area contributed by atoms with E-state index in [4.69, 9.17) is 4.99 Å². The van der Waals surface area contributed by atoms with Crippen molar-refractivity contribution < 1.29 is 15.0 Å². The average Bonchev–Trinajstić information content (AvgIpc) is 3.50. The van der Waals surface area contributed by atoms with Crippen molar-refractivity contribution in [2.24, 2.45) is 16.8 Å². The maximum Gasteiger partial charge on any atom is 0.229 e. The minimum Gasteiger partial charge on any atom is -0.389 e. The zero-order valence-corrected chi connectivity index (χ0v) is 17.5. The first kappa shape index (κ1) is 19.3. The third kappa shape index (κ3) is 3.55. The number of carbonyl (C=O) groups excluding carboxylic acids is 1. The SMILES string of the molecule is CC(C)(O)C1=CCC2N=C(NC(=O)CC(O)(C3CC3)C3CC3)N(C3CCC3)C2=C1. The van der Waals surface area contributed by atoms with E-state index in [2.05, 4.69) is 22.4 Å². The number of carbonyl (C=O) groups is 1. The Morgan fingerprint density at radius 2 is 1.83 bits per heavy atom. The molecule has 3 fully saturated rings. The van der Waals surface area contributed by atoms with Gasteiger partial charge in [0.2, 0.25) is 11.9 Å². The summed E-state index contributed by atoms with van der Waals surface area (Å²) < 4.78 is 0. The molecule has 0 aromatic carbocycles. The Bertz CT molecular complexity index is 783. The molecule has 0 bridgehead atoms. The normalized spacial score (nSPS) is 27.7. The van der Waals surface area contributed by atoms with Gasteiger partial charge in [0.1, 0.15) is 0 Å².